The van der Waals surface area contributed by atoms with Crippen molar-refractivity contribution in [1.29, 1.82) is 0 Å². The number of hydrogen-bond acceptors (Lipinski definition) is 5. The van der Waals surface area contributed by atoms with Crippen molar-refractivity contribution in [2.75, 3.05) is 13.1 Å². The van der Waals surface area contributed by atoms with Gasteiger partial charge in [0.05, 0.1) is 10.7 Å². The number of aryl methyl sites for hydroxylation is 1. The predicted molar refractivity (Wildman–Crippen MR) is 98.8 cm³/mol. The first-order chi connectivity index (χ1) is 12.6. The molecule has 1 spiro atoms. The number of nitrogens with one attached hydrogen (secondary N) is 1. The number of aromatic amines is 1. The van der Waals surface area contributed by atoms with E-state index in [4.69, 9.17) is 4.98 Å². The molecule has 1 amide bonds. The molecule has 26 heavy (non-hydrogen) atoms. The molecule has 1 atom stereocenters. The zero-order valence-corrected chi connectivity index (χ0v) is 15.7. The number of thiazole rings is 1. The van der Waals surface area contributed by atoms with Crippen LogP contribution >= 0.6 is 11.3 Å². The second-order valence-corrected chi connectivity index (χ2v) is 8.98. The molecule has 1 aliphatic heterocycles. The van der Waals surface area contributed by atoms with E-state index in [0.29, 0.717) is 18.2 Å². The van der Waals surface area contributed by atoms with Crippen LogP contribution in [0, 0.1) is 6.92 Å². The topological polar surface area (TPSA) is 79.0 Å². The molecule has 2 aliphatic carbocycles. The van der Waals surface area contributed by atoms with Crippen molar-refractivity contribution in [2.45, 2.75) is 56.8 Å². The largest absolute Gasteiger partial charge is 0.336 e. The fourth-order valence-electron chi connectivity index (χ4n) is 4.54. The maximum absolute atomic E-state index is 12.9. The van der Waals surface area contributed by atoms with Crippen LogP contribution in [0.5, 0.6) is 0 Å². The molecular weight excluding hydrogens is 348 g/mol. The molecule has 2 fully saturated rings. The number of likely N-dealkylation sites (tertiary alicyclic amines) is 1. The second kappa shape index (κ2) is 5.74. The Labute approximate surface area is 155 Å². The van der Waals surface area contributed by atoms with Crippen molar-refractivity contribution in [2.24, 2.45) is 0 Å². The van der Waals surface area contributed by atoms with Gasteiger partial charge in [-0.25, -0.2) is 9.97 Å². The van der Waals surface area contributed by atoms with Gasteiger partial charge >= 0.3 is 0 Å². The molecule has 7 heteroatoms. The molecule has 1 N–H and O–H groups in total. The zero-order valence-electron chi connectivity index (χ0n) is 14.9. The Morgan fingerprint density at radius 2 is 2.19 bits per heavy atom. The van der Waals surface area contributed by atoms with E-state index < -0.39 is 0 Å². The second-order valence-electron chi connectivity index (χ2n) is 7.91. The number of carbonyl (C=O) groups excluding carboxylic acids is 1. The summed E-state index contributed by atoms with van der Waals surface area (Å²) in [7, 11) is 0. The third kappa shape index (κ3) is 2.52. The summed E-state index contributed by atoms with van der Waals surface area (Å²) in [4.78, 5) is 39.6. The van der Waals surface area contributed by atoms with Gasteiger partial charge in [0.1, 0.15) is 11.5 Å². The van der Waals surface area contributed by atoms with Crippen LogP contribution in [0.15, 0.2) is 10.2 Å². The van der Waals surface area contributed by atoms with Crippen LogP contribution in [0.25, 0.3) is 0 Å². The van der Waals surface area contributed by atoms with Crippen LogP contribution in [0.1, 0.15) is 70.6 Å². The summed E-state index contributed by atoms with van der Waals surface area (Å²) in [5.74, 6) is 1.28. The highest BCUT2D eigenvalue weighted by molar-refractivity contribution is 7.09. The Kier molecular flexibility index (Phi) is 3.57. The first kappa shape index (κ1) is 16.2. The van der Waals surface area contributed by atoms with Gasteiger partial charge in [0.25, 0.3) is 11.5 Å². The van der Waals surface area contributed by atoms with Gasteiger partial charge in [0.15, 0.2) is 0 Å². The number of nitrogens with zero attached hydrogens (tertiary/aromatic N) is 3. The molecule has 6 nitrogen and oxygen atoms in total. The molecule has 2 aromatic rings. The van der Waals surface area contributed by atoms with Crippen molar-refractivity contribution in [1.82, 2.24) is 19.9 Å². The number of piperidine rings is 1. The lowest BCUT2D eigenvalue weighted by molar-refractivity contribution is 0.0628. The highest BCUT2D eigenvalue weighted by atomic mass is 32.1. The number of rotatable bonds is 2. The van der Waals surface area contributed by atoms with Gasteiger partial charge in [0, 0.05) is 35.4 Å². The van der Waals surface area contributed by atoms with E-state index in [1.807, 2.05) is 17.2 Å². The fourth-order valence-corrected chi connectivity index (χ4v) is 5.13. The first-order valence-corrected chi connectivity index (χ1v) is 10.3. The number of fused-ring (bicyclic) bond motifs is 2. The highest BCUT2D eigenvalue weighted by Crippen LogP contribution is 2.45. The van der Waals surface area contributed by atoms with Gasteiger partial charge < -0.3 is 9.88 Å². The fraction of sp³-hybridized carbons (Fsp3) is 0.579. The van der Waals surface area contributed by atoms with Crippen molar-refractivity contribution in [3.8, 4) is 0 Å². The number of carbonyl (C=O) groups is 1. The van der Waals surface area contributed by atoms with Gasteiger partial charge in [-0.3, -0.25) is 9.59 Å². The van der Waals surface area contributed by atoms with Gasteiger partial charge in [-0.15, -0.1) is 11.3 Å². The normalized spacial score (nSPS) is 24.9. The van der Waals surface area contributed by atoms with E-state index in [-0.39, 0.29) is 16.9 Å². The molecule has 0 bridgehead atoms. The minimum absolute atomic E-state index is 0.00846. The monoisotopic (exact) mass is 370 g/mol. The number of amides is 1. The summed E-state index contributed by atoms with van der Waals surface area (Å²) in [5, 5.41) is 2.75. The lowest BCUT2D eigenvalue weighted by Gasteiger charge is -2.40. The van der Waals surface area contributed by atoms with E-state index in [1.54, 1.807) is 0 Å². The van der Waals surface area contributed by atoms with Crippen molar-refractivity contribution in [3.63, 3.8) is 0 Å². The molecule has 0 radical (unpaired) electrons. The van der Waals surface area contributed by atoms with E-state index in [1.165, 1.54) is 11.3 Å². The van der Waals surface area contributed by atoms with Gasteiger partial charge in [0.2, 0.25) is 0 Å². The summed E-state index contributed by atoms with van der Waals surface area (Å²) >= 11 is 1.51. The van der Waals surface area contributed by atoms with Crippen LogP contribution in [0.2, 0.25) is 0 Å². The SMILES string of the molecule is Cc1nc(C(=O)N2CCCC3(CCc4c3nc(C3CC3)[nH]c4=O)C2)cs1. The van der Waals surface area contributed by atoms with Gasteiger partial charge in [-0.1, -0.05) is 0 Å². The zero-order chi connectivity index (χ0) is 17.9. The Morgan fingerprint density at radius 3 is 2.92 bits per heavy atom. The molecule has 3 aliphatic rings. The van der Waals surface area contributed by atoms with E-state index in [2.05, 4.69) is 9.97 Å². The molecule has 2 aromatic heterocycles. The van der Waals surface area contributed by atoms with Gasteiger partial charge in [-0.2, -0.15) is 0 Å². The summed E-state index contributed by atoms with van der Waals surface area (Å²) in [5.41, 5.74) is 2.22. The lowest BCUT2D eigenvalue weighted by Crippen LogP contribution is -2.48. The minimum atomic E-state index is -0.161. The van der Waals surface area contributed by atoms with Crippen LogP contribution in [-0.4, -0.2) is 38.8 Å². The van der Waals surface area contributed by atoms with Crippen LogP contribution in [-0.2, 0) is 11.8 Å². The minimum Gasteiger partial charge on any atom is -0.336 e. The molecule has 1 saturated heterocycles. The van der Waals surface area contributed by atoms with E-state index >= 15 is 0 Å². The maximum Gasteiger partial charge on any atom is 0.273 e. The molecular formula is C19H22N4O2S. The van der Waals surface area contributed by atoms with Crippen molar-refractivity contribution < 1.29 is 4.79 Å². The average Bonchev–Trinajstić information content (AvgIpc) is 3.32. The standard InChI is InChI=1S/C19H22N4O2S/c1-11-20-14(9-26-11)18(25)23-8-2-6-19(10-23)7-5-13-15(19)21-16(12-3-4-12)22-17(13)24/h9,12H,2-8,10H2,1H3,(H,21,22,24). The van der Waals surface area contributed by atoms with Crippen LogP contribution in [0.4, 0.5) is 0 Å². The van der Waals surface area contributed by atoms with Crippen molar-refractivity contribution in [3.05, 3.63) is 43.5 Å². The van der Waals surface area contributed by atoms with E-state index in [9.17, 15) is 9.59 Å². The third-order valence-corrected chi connectivity index (χ3v) is 6.83. The van der Waals surface area contributed by atoms with Crippen molar-refractivity contribution >= 4 is 17.2 Å². The molecule has 0 aromatic carbocycles. The average molecular weight is 370 g/mol. The Bertz CT molecular complexity index is 945. The predicted octanol–water partition coefficient (Wildman–Crippen LogP) is 2.53. The number of aromatic nitrogens is 3. The Balaban J connectivity index is 1.49. The molecule has 136 valence electrons. The van der Waals surface area contributed by atoms with E-state index in [0.717, 1.165) is 67.2 Å². The molecule has 5 rings (SSSR count). The summed E-state index contributed by atoms with van der Waals surface area (Å²) in [6, 6.07) is 0. The molecule has 1 saturated carbocycles. The lowest BCUT2D eigenvalue weighted by atomic mass is 9.77. The first-order valence-electron chi connectivity index (χ1n) is 9.41. The maximum atomic E-state index is 12.9. The van der Waals surface area contributed by atoms with Crippen LogP contribution in [0.3, 0.4) is 0 Å². The van der Waals surface area contributed by atoms with Crippen LogP contribution < -0.4 is 5.56 Å². The smallest absolute Gasteiger partial charge is 0.273 e. The summed E-state index contributed by atoms with van der Waals surface area (Å²) in [6.45, 7) is 3.32. The summed E-state index contributed by atoms with van der Waals surface area (Å²) in [6.07, 6.45) is 5.85. The number of hydrogen-bond donors (Lipinski definition) is 1. The quantitative estimate of drug-likeness (QED) is 0.881. The molecule has 3 heterocycles. The Morgan fingerprint density at radius 1 is 1.35 bits per heavy atom. The highest BCUT2D eigenvalue weighted by Gasteiger charge is 2.46. The molecule has 1 unspecified atom stereocenters. The summed E-state index contributed by atoms with van der Waals surface area (Å²) < 4.78 is 0. The third-order valence-electron chi connectivity index (χ3n) is 6.06. The van der Waals surface area contributed by atoms with Gasteiger partial charge in [-0.05, 0) is 45.4 Å². The Hall–Kier alpha value is -2.02. The number of H-pyrrole nitrogens is 1.